The number of amides is 1. The molecule has 1 amide bonds. The van der Waals surface area contributed by atoms with Crippen LogP contribution < -0.4 is 10.6 Å². The molecule has 2 atom stereocenters. The van der Waals surface area contributed by atoms with E-state index in [-0.39, 0.29) is 23.7 Å². The number of rotatable bonds is 3. The quantitative estimate of drug-likeness (QED) is 0.873. The van der Waals surface area contributed by atoms with Crippen LogP contribution in [-0.4, -0.2) is 22.7 Å². The number of carbonyl (C=O) groups is 2. The molecule has 2 N–H and O–H groups in total. The summed E-state index contributed by atoms with van der Waals surface area (Å²) in [4.78, 5) is 27.7. The van der Waals surface area contributed by atoms with Crippen LogP contribution in [0.25, 0.3) is 0 Å². The molecular weight excluding hydrogens is 242 g/mol. The van der Waals surface area contributed by atoms with Gasteiger partial charge >= 0.3 is 0 Å². The summed E-state index contributed by atoms with van der Waals surface area (Å²) in [5.41, 5.74) is 0.879. The average molecular weight is 261 g/mol. The minimum atomic E-state index is -0.222. The van der Waals surface area contributed by atoms with Crippen LogP contribution in [0.4, 0.5) is 11.6 Å². The Balaban J connectivity index is 2.15. The van der Waals surface area contributed by atoms with Gasteiger partial charge in [0.1, 0.15) is 11.6 Å². The largest absolute Gasteiger partial charge is 0.360 e. The molecule has 0 bridgehead atoms. The van der Waals surface area contributed by atoms with Gasteiger partial charge in [-0.3, -0.25) is 9.59 Å². The minimum Gasteiger partial charge on any atom is -0.360 e. The highest BCUT2D eigenvalue weighted by Crippen LogP contribution is 2.23. The SMILES string of the molecule is CC[C@@H](C)C(=O)Nc1ccc2c(n1)N[C@@H](C)C(=O)C2. The number of ketones is 1. The normalized spacial score (nSPS) is 19.3. The zero-order valence-electron chi connectivity index (χ0n) is 11.5. The predicted octanol–water partition coefficient (Wildman–Crippen LogP) is 1.99. The van der Waals surface area contributed by atoms with Crippen LogP contribution in [0.5, 0.6) is 0 Å². The zero-order valence-corrected chi connectivity index (χ0v) is 11.5. The number of Topliss-reactive ketones (excluding diaryl/α,β-unsaturated/α-hetero) is 1. The molecule has 1 aliphatic heterocycles. The van der Waals surface area contributed by atoms with Crippen molar-refractivity contribution in [1.29, 1.82) is 0 Å². The van der Waals surface area contributed by atoms with Crippen molar-refractivity contribution in [2.45, 2.75) is 39.7 Å². The van der Waals surface area contributed by atoms with Gasteiger partial charge in [-0.05, 0) is 19.4 Å². The molecule has 0 aliphatic carbocycles. The molecule has 0 saturated carbocycles. The summed E-state index contributed by atoms with van der Waals surface area (Å²) in [7, 11) is 0. The molecule has 1 aliphatic rings. The molecule has 0 spiro atoms. The van der Waals surface area contributed by atoms with Crippen molar-refractivity contribution in [3.8, 4) is 0 Å². The number of hydrogen-bond donors (Lipinski definition) is 2. The van der Waals surface area contributed by atoms with Crippen molar-refractivity contribution >= 4 is 23.3 Å². The lowest BCUT2D eigenvalue weighted by Gasteiger charge is -2.22. The fraction of sp³-hybridized carbons (Fsp3) is 0.500. The molecule has 0 radical (unpaired) electrons. The zero-order chi connectivity index (χ0) is 14.0. The summed E-state index contributed by atoms with van der Waals surface area (Å²) < 4.78 is 0. The van der Waals surface area contributed by atoms with E-state index in [2.05, 4.69) is 15.6 Å². The van der Waals surface area contributed by atoms with Gasteiger partial charge in [-0.25, -0.2) is 4.98 Å². The number of pyridine rings is 1. The van der Waals surface area contributed by atoms with Crippen molar-refractivity contribution in [3.05, 3.63) is 17.7 Å². The molecule has 0 unspecified atom stereocenters. The third-order valence-corrected chi connectivity index (χ3v) is 3.49. The fourth-order valence-electron chi connectivity index (χ4n) is 1.89. The molecule has 2 heterocycles. The molecule has 102 valence electrons. The number of anilines is 2. The monoisotopic (exact) mass is 261 g/mol. The maximum atomic E-state index is 11.8. The van der Waals surface area contributed by atoms with Gasteiger partial charge in [0.15, 0.2) is 5.78 Å². The van der Waals surface area contributed by atoms with E-state index in [1.165, 1.54) is 0 Å². The third kappa shape index (κ3) is 2.92. The van der Waals surface area contributed by atoms with Gasteiger partial charge < -0.3 is 10.6 Å². The molecule has 1 aromatic rings. The lowest BCUT2D eigenvalue weighted by molar-refractivity contribution is -0.120. The standard InChI is InChI=1S/C14H19N3O2/c1-4-8(2)14(19)17-12-6-5-10-7-11(18)9(3)15-13(10)16-12/h5-6,8-9H,4,7H2,1-3H3,(H2,15,16,17,19)/t8-,9+/m1/s1. The molecule has 0 aromatic carbocycles. The molecule has 5 nitrogen and oxygen atoms in total. The van der Waals surface area contributed by atoms with Gasteiger partial charge in [0.2, 0.25) is 5.91 Å². The fourth-order valence-corrected chi connectivity index (χ4v) is 1.89. The lowest BCUT2D eigenvalue weighted by atomic mass is 10.0. The highest BCUT2D eigenvalue weighted by atomic mass is 16.2. The Morgan fingerprint density at radius 2 is 2.32 bits per heavy atom. The van der Waals surface area contributed by atoms with E-state index in [1.807, 2.05) is 26.8 Å². The Kier molecular flexibility index (Phi) is 3.83. The second kappa shape index (κ2) is 5.38. The van der Waals surface area contributed by atoms with Crippen LogP contribution in [0.1, 0.15) is 32.8 Å². The Labute approximate surface area is 112 Å². The Morgan fingerprint density at radius 3 is 3.00 bits per heavy atom. The van der Waals surface area contributed by atoms with Gasteiger partial charge in [-0.15, -0.1) is 0 Å². The Bertz CT molecular complexity index is 513. The smallest absolute Gasteiger partial charge is 0.228 e. The molecule has 1 aromatic heterocycles. The number of nitrogens with one attached hydrogen (secondary N) is 2. The van der Waals surface area contributed by atoms with Crippen LogP contribution >= 0.6 is 0 Å². The molecular formula is C14H19N3O2. The van der Waals surface area contributed by atoms with Gasteiger partial charge in [-0.2, -0.15) is 0 Å². The number of hydrogen-bond acceptors (Lipinski definition) is 4. The second-order valence-corrected chi connectivity index (χ2v) is 5.01. The van der Waals surface area contributed by atoms with E-state index in [0.717, 1.165) is 12.0 Å². The molecule has 2 rings (SSSR count). The second-order valence-electron chi connectivity index (χ2n) is 5.01. The van der Waals surface area contributed by atoms with Crippen LogP contribution in [-0.2, 0) is 16.0 Å². The summed E-state index contributed by atoms with van der Waals surface area (Å²) >= 11 is 0. The van der Waals surface area contributed by atoms with E-state index in [9.17, 15) is 9.59 Å². The van der Waals surface area contributed by atoms with E-state index in [0.29, 0.717) is 18.1 Å². The minimum absolute atomic E-state index is 0.0325. The maximum absolute atomic E-state index is 11.8. The predicted molar refractivity (Wildman–Crippen MR) is 74.1 cm³/mol. The van der Waals surface area contributed by atoms with Gasteiger partial charge in [0.25, 0.3) is 0 Å². The molecule has 5 heteroatoms. The van der Waals surface area contributed by atoms with E-state index in [1.54, 1.807) is 6.07 Å². The van der Waals surface area contributed by atoms with E-state index < -0.39 is 0 Å². The summed E-state index contributed by atoms with van der Waals surface area (Å²) in [6.07, 6.45) is 1.19. The van der Waals surface area contributed by atoms with Crippen LogP contribution in [0.2, 0.25) is 0 Å². The van der Waals surface area contributed by atoms with Crippen molar-refractivity contribution < 1.29 is 9.59 Å². The molecule has 0 fully saturated rings. The van der Waals surface area contributed by atoms with Crippen LogP contribution in [0, 0.1) is 5.92 Å². The van der Waals surface area contributed by atoms with Gasteiger partial charge in [0, 0.05) is 17.9 Å². The van der Waals surface area contributed by atoms with Crippen LogP contribution in [0.15, 0.2) is 12.1 Å². The lowest BCUT2D eigenvalue weighted by Crippen LogP contribution is -2.33. The first-order valence-corrected chi connectivity index (χ1v) is 6.61. The van der Waals surface area contributed by atoms with Crippen molar-refractivity contribution in [3.63, 3.8) is 0 Å². The first-order chi connectivity index (χ1) is 9.01. The van der Waals surface area contributed by atoms with Gasteiger partial charge in [0.05, 0.1) is 6.04 Å². The average Bonchev–Trinajstić information content (AvgIpc) is 2.39. The number of carbonyl (C=O) groups excluding carboxylic acids is 2. The molecule has 19 heavy (non-hydrogen) atoms. The van der Waals surface area contributed by atoms with Crippen LogP contribution in [0.3, 0.4) is 0 Å². The van der Waals surface area contributed by atoms with Crippen molar-refractivity contribution in [2.24, 2.45) is 5.92 Å². The van der Waals surface area contributed by atoms with Crippen molar-refractivity contribution in [1.82, 2.24) is 4.98 Å². The third-order valence-electron chi connectivity index (χ3n) is 3.49. The highest BCUT2D eigenvalue weighted by molar-refractivity contribution is 5.93. The summed E-state index contributed by atoms with van der Waals surface area (Å²) in [6, 6.07) is 3.36. The number of aromatic nitrogens is 1. The van der Waals surface area contributed by atoms with E-state index in [4.69, 9.17) is 0 Å². The maximum Gasteiger partial charge on any atom is 0.228 e. The summed E-state index contributed by atoms with van der Waals surface area (Å²) in [6.45, 7) is 5.67. The first kappa shape index (κ1) is 13.5. The number of nitrogens with zero attached hydrogens (tertiary/aromatic N) is 1. The first-order valence-electron chi connectivity index (χ1n) is 6.61. The summed E-state index contributed by atoms with van der Waals surface area (Å²) in [5.74, 6) is 1.30. The Hall–Kier alpha value is -1.91. The van der Waals surface area contributed by atoms with E-state index >= 15 is 0 Å². The number of fused-ring (bicyclic) bond motifs is 1. The molecule has 0 saturated heterocycles. The van der Waals surface area contributed by atoms with Gasteiger partial charge in [-0.1, -0.05) is 19.9 Å². The summed E-state index contributed by atoms with van der Waals surface area (Å²) in [5, 5.41) is 5.85. The topological polar surface area (TPSA) is 71.1 Å². The highest BCUT2D eigenvalue weighted by Gasteiger charge is 2.23. The van der Waals surface area contributed by atoms with Crippen molar-refractivity contribution in [2.75, 3.05) is 10.6 Å². The Morgan fingerprint density at radius 1 is 1.58 bits per heavy atom.